The van der Waals surface area contributed by atoms with Gasteiger partial charge in [0.1, 0.15) is 12.1 Å². The lowest BCUT2D eigenvalue weighted by Gasteiger charge is -2.36. The third kappa shape index (κ3) is 5.67. The molecule has 1 amide bonds. The van der Waals surface area contributed by atoms with Gasteiger partial charge in [-0.1, -0.05) is 43.1 Å². The van der Waals surface area contributed by atoms with Crippen molar-refractivity contribution in [3.63, 3.8) is 0 Å². The van der Waals surface area contributed by atoms with E-state index in [1.165, 1.54) is 0 Å². The van der Waals surface area contributed by atoms with E-state index in [0.717, 1.165) is 74.0 Å². The predicted octanol–water partition coefficient (Wildman–Crippen LogP) is 3.64. The molecule has 1 N–H and O–H groups in total. The first-order valence-corrected chi connectivity index (χ1v) is 10.7. The second-order valence-corrected chi connectivity index (χ2v) is 7.82. The van der Waals surface area contributed by atoms with Crippen molar-refractivity contribution in [2.24, 2.45) is 0 Å². The highest BCUT2D eigenvalue weighted by atomic mass is 35.5. The van der Waals surface area contributed by atoms with E-state index >= 15 is 0 Å². The number of hydrogen-bond donors (Lipinski definition) is 1. The van der Waals surface area contributed by atoms with Gasteiger partial charge in [0.25, 0.3) is 0 Å². The number of fused-ring (bicyclic) bond motifs is 1. The Bertz CT molecular complexity index is 795. The van der Waals surface area contributed by atoms with Gasteiger partial charge < -0.3 is 14.9 Å². The van der Waals surface area contributed by atoms with Crippen LogP contribution in [0.1, 0.15) is 50.0 Å². The van der Waals surface area contributed by atoms with Gasteiger partial charge in [0.05, 0.1) is 11.8 Å². The van der Waals surface area contributed by atoms with E-state index in [-0.39, 0.29) is 5.91 Å². The van der Waals surface area contributed by atoms with Crippen LogP contribution in [0.2, 0.25) is 5.02 Å². The first-order chi connectivity index (χ1) is 14.1. The largest absolute Gasteiger partial charge is 0.387 e. The first-order valence-electron chi connectivity index (χ1n) is 10.3. The molecule has 1 atom stereocenters. The number of carbonyl (C=O) groups excluding carboxylic acids is 1. The normalized spacial score (nSPS) is 18.1. The van der Waals surface area contributed by atoms with Gasteiger partial charge in [-0.05, 0) is 31.4 Å². The molecule has 1 aromatic heterocycles. The van der Waals surface area contributed by atoms with E-state index in [2.05, 4.69) is 21.8 Å². The first kappa shape index (κ1) is 21.5. The van der Waals surface area contributed by atoms with Gasteiger partial charge >= 0.3 is 0 Å². The van der Waals surface area contributed by atoms with Crippen molar-refractivity contribution in [3.05, 3.63) is 52.9 Å². The predicted molar refractivity (Wildman–Crippen MR) is 115 cm³/mol. The van der Waals surface area contributed by atoms with E-state index < -0.39 is 6.10 Å². The molecule has 1 unspecified atom stereocenters. The topological polar surface area (TPSA) is 69.6 Å². The van der Waals surface area contributed by atoms with E-state index in [9.17, 15) is 9.90 Å². The van der Waals surface area contributed by atoms with Crippen LogP contribution in [0.5, 0.6) is 0 Å². The minimum atomic E-state index is -0.450. The van der Waals surface area contributed by atoms with Gasteiger partial charge in [0.15, 0.2) is 0 Å². The van der Waals surface area contributed by atoms with Gasteiger partial charge in [0.2, 0.25) is 5.91 Å². The van der Waals surface area contributed by atoms with E-state index in [1.54, 1.807) is 6.33 Å². The Kier molecular flexibility index (Phi) is 7.83. The third-order valence-corrected chi connectivity index (χ3v) is 5.60. The molecule has 1 aliphatic carbocycles. The Labute approximate surface area is 177 Å². The van der Waals surface area contributed by atoms with Crippen molar-refractivity contribution >= 4 is 23.3 Å². The van der Waals surface area contributed by atoms with Crippen molar-refractivity contribution in [3.8, 4) is 0 Å². The Morgan fingerprint density at radius 3 is 2.52 bits per heavy atom. The van der Waals surface area contributed by atoms with Crippen LogP contribution < -0.4 is 4.90 Å². The van der Waals surface area contributed by atoms with E-state index in [1.807, 2.05) is 35.2 Å². The number of hydrogen-bond acceptors (Lipinski definition) is 5. The summed E-state index contributed by atoms with van der Waals surface area (Å²) in [4.78, 5) is 24.9. The molecule has 2 heterocycles. The molecule has 29 heavy (non-hydrogen) atoms. The molecule has 2 aromatic rings. The monoisotopic (exact) mass is 416 g/mol. The molecule has 6 nitrogen and oxygen atoms in total. The minimum absolute atomic E-state index is 0.268. The van der Waals surface area contributed by atoms with Crippen molar-refractivity contribution in [2.75, 3.05) is 31.1 Å². The fraction of sp³-hybridized carbons (Fsp3) is 0.500. The maximum Gasteiger partial charge on any atom is 0.222 e. The zero-order chi connectivity index (χ0) is 20.6. The van der Waals surface area contributed by atoms with Crippen molar-refractivity contribution in [1.82, 2.24) is 14.9 Å². The lowest BCUT2D eigenvalue weighted by atomic mass is 10.2. The van der Waals surface area contributed by atoms with Crippen LogP contribution in [-0.2, 0) is 11.2 Å². The summed E-state index contributed by atoms with van der Waals surface area (Å²) >= 11 is 5.54. The smallest absolute Gasteiger partial charge is 0.222 e. The number of amides is 1. The molecule has 156 valence electrons. The number of rotatable bonds is 4. The van der Waals surface area contributed by atoms with Crippen molar-refractivity contribution in [2.45, 2.75) is 45.1 Å². The molecule has 7 heteroatoms. The Morgan fingerprint density at radius 2 is 1.90 bits per heavy atom. The standard InChI is InChI=1S/C16H24N4O2.C6H5Cl/c1-2-3-4-14(22)19-7-9-20(10-8-19)16-12-5-6-13(21)15(12)17-11-18-16;7-6-4-2-1-3-5-6/h11,13,21H,2-10H2,1H3;1-5H. The highest BCUT2D eigenvalue weighted by Gasteiger charge is 2.29. The summed E-state index contributed by atoms with van der Waals surface area (Å²) in [5.74, 6) is 1.21. The molecule has 4 rings (SSSR count). The average Bonchev–Trinajstić information content (AvgIpc) is 3.14. The molecule has 0 bridgehead atoms. The number of aromatic nitrogens is 2. The van der Waals surface area contributed by atoms with Gasteiger partial charge in [0, 0.05) is 43.2 Å². The number of nitrogens with zero attached hydrogens (tertiary/aromatic N) is 4. The Hall–Kier alpha value is -2.18. The number of halogens is 1. The second-order valence-electron chi connectivity index (χ2n) is 7.38. The lowest BCUT2D eigenvalue weighted by Crippen LogP contribution is -2.49. The minimum Gasteiger partial charge on any atom is -0.387 e. The molecule has 1 aliphatic heterocycles. The Morgan fingerprint density at radius 1 is 1.17 bits per heavy atom. The highest BCUT2D eigenvalue weighted by molar-refractivity contribution is 6.30. The number of benzene rings is 1. The summed E-state index contributed by atoms with van der Waals surface area (Å²) in [6.07, 6.45) is 5.34. The number of anilines is 1. The quantitative estimate of drug-likeness (QED) is 0.824. The molecule has 0 saturated carbocycles. The molecule has 1 saturated heterocycles. The number of aliphatic hydroxyl groups excluding tert-OH is 1. The van der Waals surface area contributed by atoms with Crippen molar-refractivity contribution < 1.29 is 9.90 Å². The van der Waals surface area contributed by atoms with Crippen LogP contribution in [0.25, 0.3) is 0 Å². The van der Waals surface area contributed by atoms with Crippen LogP contribution in [-0.4, -0.2) is 52.1 Å². The highest BCUT2D eigenvalue weighted by Crippen LogP contribution is 2.34. The number of piperazine rings is 1. The summed E-state index contributed by atoms with van der Waals surface area (Å²) in [5.41, 5.74) is 1.87. The summed E-state index contributed by atoms with van der Waals surface area (Å²) in [6, 6.07) is 9.44. The number of unbranched alkanes of at least 4 members (excludes halogenated alkanes) is 1. The lowest BCUT2D eigenvalue weighted by molar-refractivity contribution is -0.131. The average molecular weight is 417 g/mol. The summed E-state index contributed by atoms with van der Waals surface area (Å²) in [5, 5.41) is 10.7. The number of aliphatic hydroxyl groups is 1. The van der Waals surface area contributed by atoms with Crippen LogP contribution in [0.3, 0.4) is 0 Å². The molecular formula is C22H29ClN4O2. The molecule has 0 radical (unpaired) electrons. The summed E-state index contributed by atoms with van der Waals surface area (Å²) < 4.78 is 0. The SMILES string of the molecule is CCCCC(=O)N1CCN(c2ncnc3c2CCC3O)CC1.Clc1ccccc1. The molecular weight excluding hydrogens is 388 g/mol. The maximum absolute atomic E-state index is 12.1. The second kappa shape index (κ2) is 10.6. The molecule has 1 fully saturated rings. The maximum atomic E-state index is 12.1. The van der Waals surface area contributed by atoms with Crippen LogP contribution in [0.4, 0.5) is 5.82 Å². The van der Waals surface area contributed by atoms with Crippen LogP contribution >= 0.6 is 11.6 Å². The Balaban J connectivity index is 0.000000290. The zero-order valence-corrected chi connectivity index (χ0v) is 17.7. The van der Waals surface area contributed by atoms with Gasteiger partial charge in [-0.2, -0.15) is 0 Å². The molecule has 1 aromatic carbocycles. The molecule has 0 spiro atoms. The van der Waals surface area contributed by atoms with Gasteiger partial charge in [-0.15, -0.1) is 0 Å². The van der Waals surface area contributed by atoms with Crippen LogP contribution in [0.15, 0.2) is 36.7 Å². The fourth-order valence-corrected chi connectivity index (χ4v) is 3.85. The molecule has 2 aliphatic rings. The number of carbonyl (C=O) groups is 1. The third-order valence-electron chi connectivity index (χ3n) is 5.35. The summed E-state index contributed by atoms with van der Waals surface area (Å²) in [7, 11) is 0. The van der Waals surface area contributed by atoms with Crippen molar-refractivity contribution in [1.29, 1.82) is 0 Å². The summed E-state index contributed by atoms with van der Waals surface area (Å²) in [6.45, 7) is 5.22. The fourth-order valence-electron chi connectivity index (χ4n) is 3.70. The van der Waals surface area contributed by atoms with Gasteiger partial charge in [-0.3, -0.25) is 4.79 Å². The van der Waals surface area contributed by atoms with E-state index in [0.29, 0.717) is 6.42 Å². The van der Waals surface area contributed by atoms with Gasteiger partial charge in [-0.25, -0.2) is 9.97 Å². The van der Waals surface area contributed by atoms with E-state index in [4.69, 9.17) is 11.6 Å². The zero-order valence-electron chi connectivity index (χ0n) is 16.9. The van der Waals surface area contributed by atoms with Crippen LogP contribution in [0, 0.1) is 0 Å².